The Bertz CT molecular complexity index is 1000. The van der Waals surface area contributed by atoms with E-state index in [2.05, 4.69) is 15.5 Å². The van der Waals surface area contributed by atoms with E-state index in [1.807, 2.05) is 42.5 Å². The number of rotatable bonds is 5. The predicted molar refractivity (Wildman–Crippen MR) is 107 cm³/mol. The highest BCUT2D eigenvalue weighted by molar-refractivity contribution is 5.90. The molecule has 0 aliphatic carbocycles. The summed E-state index contributed by atoms with van der Waals surface area (Å²) in [5.74, 6) is 2.21. The normalized spacial score (nSPS) is 15.9. The van der Waals surface area contributed by atoms with Gasteiger partial charge in [-0.3, -0.25) is 0 Å². The third kappa shape index (κ3) is 3.87. The smallest absolute Gasteiger partial charge is 0.322 e. The van der Waals surface area contributed by atoms with E-state index in [1.165, 1.54) is 0 Å². The molecule has 0 spiro atoms. The minimum atomic E-state index is -0.267. The first-order valence-corrected chi connectivity index (χ1v) is 9.38. The predicted octanol–water partition coefficient (Wildman–Crippen LogP) is 4.12. The molecule has 1 atom stereocenters. The second kappa shape index (κ2) is 8.22. The van der Waals surface area contributed by atoms with Gasteiger partial charge in [0.25, 0.3) is 0 Å². The monoisotopic (exact) mass is 394 g/mol. The van der Waals surface area contributed by atoms with Crippen molar-refractivity contribution in [3.8, 4) is 22.9 Å². The Morgan fingerprint density at radius 1 is 1.17 bits per heavy atom. The number of carbonyl (C=O) groups is 1. The lowest BCUT2D eigenvalue weighted by Gasteiger charge is -2.22. The molecule has 150 valence electrons. The molecule has 29 heavy (non-hydrogen) atoms. The Morgan fingerprint density at radius 3 is 2.86 bits per heavy atom. The van der Waals surface area contributed by atoms with Gasteiger partial charge in [0.1, 0.15) is 17.5 Å². The standard InChI is InChI=1S/C21H22N4O4/c1-27-15-8-5-7-14(13-15)22-21(26)25-12-6-10-17(25)20-23-19(24-29-20)16-9-3-4-11-18(16)28-2/h3-5,7-9,11,13,17H,6,10,12H2,1-2H3,(H,22,26)/t17-/m1/s1. The molecule has 1 N–H and O–H groups in total. The van der Waals surface area contributed by atoms with Crippen molar-refractivity contribution in [1.29, 1.82) is 0 Å². The maximum absolute atomic E-state index is 12.8. The van der Waals surface area contributed by atoms with E-state index in [9.17, 15) is 4.79 Å². The molecule has 8 nitrogen and oxygen atoms in total. The van der Waals surface area contributed by atoms with Crippen LogP contribution in [0.4, 0.5) is 10.5 Å². The van der Waals surface area contributed by atoms with Crippen LogP contribution in [-0.4, -0.2) is 41.8 Å². The summed E-state index contributed by atoms with van der Waals surface area (Å²) in [6.45, 7) is 0.618. The lowest BCUT2D eigenvalue weighted by Crippen LogP contribution is -2.34. The average molecular weight is 394 g/mol. The van der Waals surface area contributed by atoms with Gasteiger partial charge in [0.2, 0.25) is 11.7 Å². The summed E-state index contributed by atoms with van der Waals surface area (Å²) in [4.78, 5) is 19.1. The van der Waals surface area contributed by atoms with Crippen molar-refractivity contribution in [2.24, 2.45) is 0 Å². The zero-order valence-corrected chi connectivity index (χ0v) is 16.3. The van der Waals surface area contributed by atoms with Crippen LogP contribution in [0.15, 0.2) is 53.1 Å². The molecule has 1 fully saturated rings. The molecule has 1 aromatic heterocycles. The van der Waals surface area contributed by atoms with Crippen LogP contribution in [0.25, 0.3) is 11.4 Å². The van der Waals surface area contributed by atoms with E-state index < -0.39 is 0 Å². The number of nitrogens with one attached hydrogen (secondary N) is 1. The van der Waals surface area contributed by atoms with Crippen LogP contribution >= 0.6 is 0 Å². The highest BCUT2D eigenvalue weighted by atomic mass is 16.5. The Balaban J connectivity index is 1.53. The number of aromatic nitrogens is 2. The van der Waals surface area contributed by atoms with E-state index in [-0.39, 0.29) is 12.1 Å². The number of likely N-dealkylation sites (tertiary alicyclic amines) is 1. The maximum Gasteiger partial charge on any atom is 0.322 e. The summed E-state index contributed by atoms with van der Waals surface area (Å²) in [6.07, 6.45) is 1.63. The van der Waals surface area contributed by atoms with Crippen LogP contribution in [0.3, 0.4) is 0 Å². The highest BCUT2D eigenvalue weighted by Gasteiger charge is 2.34. The first kappa shape index (κ1) is 18.8. The number of ether oxygens (including phenoxy) is 2. The molecule has 8 heteroatoms. The van der Waals surface area contributed by atoms with Gasteiger partial charge in [-0.15, -0.1) is 0 Å². The molecule has 0 bridgehead atoms. The minimum Gasteiger partial charge on any atom is -0.497 e. The Morgan fingerprint density at radius 2 is 2.03 bits per heavy atom. The number of para-hydroxylation sites is 1. The van der Waals surface area contributed by atoms with E-state index in [0.29, 0.717) is 35.4 Å². The van der Waals surface area contributed by atoms with Gasteiger partial charge in [-0.2, -0.15) is 4.98 Å². The average Bonchev–Trinajstić information content (AvgIpc) is 3.43. The van der Waals surface area contributed by atoms with E-state index >= 15 is 0 Å². The summed E-state index contributed by atoms with van der Waals surface area (Å²) in [5.41, 5.74) is 1.41. The van der Waals surface area contributed by atoms with Crippen molar-refractivity contribution in [2.45, 2.75) is 18.9 Å². The quantitative estimate of drug-likeness (QED) is 0.700. The molecule has 2 heterocycles. The van der Waals surface area contributed by atoms with Gasteiger partial charge in [0, 0.05) is 18.3 Å². The third-order valence-corrected chi connectivity index (χ3v) is 4.91. The van der Waals surface area contributed by atoms with Gasteiger partial charge in [-0.1, -0.05) is 23.4 Å². The molecule has 0 radical (unpaired) electrons. The fourth-order valence-electron chi connectivity index (χ4n) is 3.47. The number of nitrogens with zero attached hydrogens (tertiary/aromatic N) is 3. The largest absolute Gasteiger partial charge is 0.497 e. The fourth-order valence-corrected chi connectivity index (χ4v) is 3.47. The van der Waals surface area contributed by atoms with Crippen LogP contribution in [0.1, 0.15) is 24.8 Å². The first-order chi connectivity index (χ1) is 14.2. The Labute approximate surface area is 168 Å². The van der Waals surface area contributed by atoms with Crippen molar-refractivity contribution in [2.75, 3.05) is 26.1 Å². The number of benzene rings is 2. The van der Waals surface area contributed by atoms with Gasteiger partial charge >= 0.3 is 6.03 Å². The molecule has 2 aromatic carbocycles. The van der Waals surface area contributed by atoms with Crippen LogP contribution in [0.2, 0.25) is 0 Å². The summed E-state index contributed by atoms with van der Waals surface area (Å²) in [7, 11) is 3.19. The van der Waals surface area contributed by atoms with E-state index in [1.54, 1.807) is 25.2 Å². The number of methoxy groups -OCH3 is 2. The SMILES string of the molecule is COc1cccc(NC(=O)N2CCC[C@@H]2c2nc(-c3ccccc3OC)no2)c1. The van der Waals surface area contributed by atoms with Crippen molar-refractivity contribution < 1.29 is 18.8 Å². The first-order valence-electron chi connectivity index (χ1n) is 9.38. The molecular weight excluding hydrogens is 372 g/mol. The summed E-state index contributed by atoms with van der Waals surface area (Å²) in [6, 6.07) is 14.2. The van der Waals surface area contributed by atoms with Crippen LogP contribution in [-0.2, 0) is 0 Å². The molecule has 3 aromatic rings. The fraction of sp³-hybridized carbons (Fsp3) is 0.286. The molecule has 4 rings (SSSR count). The number of hydrogen-bond acceptors (Lipinski definition) is 6. The van der Waals surface area contributed by atoms with E-state index in [0.717, 1.165) is 18.4 Å². The molecule has 1 aliphatic heterocycles. The molecule has 0 unspecified atom stereocenters. The summed E-state index contributed by atoms with van der Waals surface area (Å²) < 4.78 is 16.1. The van der Waals surface area contributed by atoms with Gasteiger partial charge in [-0.05, 0) is 37.1 Å². The highest BCUT2D eigenvalue weighted by Crippen LogP contribution is 2.34. The number of anilines is 1. The molecule has 0 saturated carbocycles. The Hall–Kier alpha value is -3.55. The topological polar surface area (TPSA) is 89.7 Å². The zero-order chi connectivity index (χ0) is 20.2. The molecule has 2 amide bonds. The van der Waals surface area contributed by atoms with E-state index in [4.69, 9.17) is 14.0 Å². The van der Waals surface area contributed by atoms with Crippen molar-refractivity contribution in [1.82, 2.24) is 15.0 Å². The third-order valence-electron chi connectivity index (χ3n) is 4.91. The number of urea groups is 1. The number of carbonyl (C=O) groups excluding carboxylic acids is 1. The van der Waals surface area contributed by atoms with Crippen LogP contribution in [0.5, 0.6) is 11.5 Å². The summed E-state index contributed by atoms with van der Waals surface area (Å²) in [5, 5.41) is 7.01. The lowest BCUT2D eigenvalue weighted by molar-refractivity contribution is 0.193. The van der Waals surface area contributed by atoms with Crippen molar-refractivity contribution in [3.05, 3.63) is 54.4 Å². The maximum atomic E-state index is 12.8. The zero-order valence-electron chi connectivity index (χ0n) is 16.3. The number of amides is 2. The number of hydrogen-bond donors (Lipinski definition) is 1. The second-order valence-corrected chi connectivity index (χ2v) is 6.67. The Kier molecular flexibility index (Phi) is 5.33. The van der Waals surface area contributed by atoms with Crippen molar-refractivity contribution >= 4 is 11.7 Å². The van der Waals surface area contributed by atoms with Gasteiger partial charge < -0.3 is 24.2 Å². The summed E-state index contributed by atoms with van der Waals surface area (Å²) >= 11 is 0. The lowest BCUT2D eigenvalue weighted by atomic mass is 10.2. The molecular formula is C21H22N4O4. The van der Waals surface area contributed by atoms with Crippen molar-refractivity contribution in [3.63, 3.8) is 0 Å². The minimum absolute atomic E-state index is 0.210. The molecule has 1 aliphatic rings. The van der Waals surface area contributed by atoms with Crippen LogP contribution < -0.4 is 14.8 Å². The van der Waals surface area contributed by atoms with Crippen LogP contribution in [0, 0.1) is 0 Å². The second-order valence-electron chi connectivity index (χ2n) is 6.67. The molecule has 1 saturated heterocycles. The van der Waals surface area contributed by atoms with Gasteiger partial charge in [0.15, 0.2) is 0 Å². The van der Waals surface area contributed by atoms with Gasteiger partial charge in [0.05, 0.1) is 19.8 Å². The van der Waals surface area contributed by atoms with Gasteiger partial charge in [-0.25, -0.2) is 4.79 Å².